The summed E-state index contributed by atoms with van der Waals surface area (Å²) in [5.74, 6) is 0.893. The van der Waals surface area contributed by atoms with Gasteiger partial charge < -0.3 is 10.6 Å². The smallest absolute Gasteiger partial charge is 0.126 e. The van der Waals surface area contributed by atoms with E-state index in [4.69, 9.17) is 4.98 Å². The Kier molecular flexibility index (Phi) is 5.97. The summed E-state index contributed by atoms with van der Waals surface area (Å²) in [6.45, 7) is 5.83. The summed E-state index contributed by atoms with van der Waals surface area (Å²) in [5, 5.41) is 7.02. The van der Waals surface area contributed by atoms with Crippen molar-refractivity contribution >= 4 is 5.82 Å². The molecule has 134 valence electrons. The standard InChI is InChI=1S/C22H26N4/c1-3-22(2,20-13-7-8-15-23-20)25-17-19-12-9-14-21(26-19)24-16-18-10-5-4-6-11-18/h4-15,25H,3,16-17H2,1-2H3,(H,24,26). The summed E-state index contributed by atoms with van der Waals surface area (Å²) in [4.78, 5) is 9.24. The van der Waals surface area contributed by atoms with Crippen molar-refractivity contribution in [3.63, 3.8) is 0 Å². The quantitative estimate of drug-likeness (QED) is 0.630. The first-order valence-corrected chi connectivity index (χ1v) is 9.10. The van der Waals surface area contributed by atoms with Gasteiger partial charge in [-0.15, -0.1) is 0 Å². The van der Waals surface area contributed by atoms with E-state index in [-0.39, 0.29) is 5.54 Å². The number of pyridine rings is 2. The van der Waals surface area contributed by atoms with Gasteiger partial charge in [-0.1, -0.05) is 49.4 Å². The van der Waals surface area contributed by atoms with E-state index in [0.717, 1.165) is 30.2 Å². The van der Waals surface area contributed by atoms with Gasteiger partial charge in [0.1, 0.15) is 5.82 Å². The van der Waals surface area contributed by atoms with Crippen molar-refractivity contribution in [3.8, 4) is 0 Å². The minimum atomic E-state index is -0.170. The van der Waals surface area contributed by atoms with E-state index in [1.54, 1.807) is 0 Å². The molecule has 3 aromatic rings. The predicted octanol–water partition coefficient (Wildman–Crippen LogP) is 4.50. The topological polar surface area (TPSA) is 49.8 Å². The third-order valence-corrected chi connectivity index (χ3v) is 4.72. The first-order valence-electron chi connectivity index (χ1n) is 9.10. The molecule has 0 saturated carbocycles. The van der Waals surface area contributed by atoms with Crippen molar-refractivity contribution in [1.82, 2.24) is 15.3 Å². The molecule has 3 rings (SSSR count). The fraction of sp³-hybridized carbons (Fsp3) is 0.273. The van der Waals surface area contributed by atoms with Crippen LogP contribution in [-0.4, -0.2) is 9.97 Å². The summed E-state index contributed by atoms with van der Waals surface area (Å²) in [5.41, 5.74) is 3.14. The van der Waals surface area contributed by atoms with E-state index in [1.807, 2.05) is 48.7 Å². The minimum absolute atomic E-state index is 0.170. The van der Waals surface area contributed by atoms with Crippen molar-refractivity contribution in [2.24, 2.45) is 0 Å². The zero-order valence-electron chi connectivity index (χ0n) is 15.4. The van der Waals surface area contributed by atoms with Gasteiger partial charge in [0.05, 0.1) is 16.9 Å². The highest BCUT2D eigenvalue weighted by atomic mass is 15.0. The molecule has 0 aliphatic heterocycles. The molecule has 0 amide bonds. The second kappa shape index (κ2) is 8.59. The van der Waals surface area contributed by atoms with Gasteiger partial charge in [0.2, 0.25) is 0 Å². The second-order valence-corrected chi connectivity index (χ2v) is 6.61. The average Bonchev–Trinajstić information content (AvgIpc) is 2.72. The highest BCUT2D eigenvalue weighted by molar-refractivity contribution is 5.36. The Morgan fingerprint density at radius 2 is 1.69 bits per heavy atom. The normalized spacial score (nSPS) is 13.2. The number of aromatic nitrogens is 2. The molecule has 0 radical (unpaired) electrons. The molecular weight excluding hydrogens is 320 g/mol. The van der Waals surface area contributed by atoms with Gasteiger partial charge in [-0.2, -0.15) is 0 Å². The number of nitrogens with zero attached hydrogens (tertiary/aromatic N) is 2. The second-order valence-electron chi connectivity index (χ2n) is 6.61. The largest absolute Gasteiger partial charge is 0.366 e. The van der Waals surface area contributed by atoms with Crippen LogP contribution in [0.15, 0.2) is 72.9 Å². The van der Waals surface area contributed by atoms with Crippen LogP contribution in [0.3, 0.4) is 0 Å². The number of benzene rings is 1. The number of anilines is 1. The summed E-state index contributed by atoms with van der Waals surface area (Å²) in [7, 11) is 0. The number of hydrogen-bond donors (Lipinski definition) is 2. The Balaban J connectivity index is 1.63. The average molecular weight is 346 g/mol. The fourth-order valence-corrected chi connectivity index (χ4v) is 2.84. The summed E-state index contributed by atoms with van der Waals surface area (Å²) < 4.78 is 0. The van der Waals surface area contributed by atoms with Crippen LogP contribution in [0.4, 0.5) is 5.82 Å². The van der Waals surface area contributed by atoms with Crippen LogP contribution in [-0.2, 0) is 18.6 Å². The summed E-state index contributed by atoms with van der Waals surface area (Å²) >= 11 is 0. The van der Waals surface area contributed by atoms with E-state index >= 15 is 0 Å². The molecule has 4 heteroatoms. The van der Waals surface area contributed by atoms with E-state index in [9.17, 15) is 0 Å². The zero-order chi connectivity index (χ0) is 18.2. The van der Waals surface area contributed by atoms with Gasteiger partial charge >= 0.3 is 0 Å². The molecule has 4 nitrogen and oxygen atoms in total. The van der Waals surface area contributed by atoms with Crippen LogP contribution < -0.4 is 10.6 Å². The molecule has 0 spiro atoms. The van der Waals surface area contributed by atoms with Crippen molar-refractivity contribution in [1.29, 1.82) is 0 Å². The first kappa shape index (κ1) is 18.1. The summed E-state index contributed by atoms with van der Waals surface area (Å²) in [6.07, 6.45) is 2.80. The number of hydrogen-bond acceptors (Lipinski definition) is 4. The van der Waals surface area contributed by atoms with Crippen LogP contribution in [0, 0.1) is 0 Å². The Morgan fingerprint density at radius 3 is 2.42 bits per heavy atom. The maximum Gasteiger partial charge on any atom is 0.126 e. The molecule has 0 aliphatic rings. The van der Waals surface area contributed by atoms with Crippen molar-refractivity contribution in [2.45, 2.75) is 38.9 Å². The van der Waals surface area contributed by atoms with Gasteiger partial charge in [-0.25, -0.2) is 4.98 Å². The third-order valence-electron chi connectivity index (χ3n) is 4.72. The van der Waals surface area contributed by atoms with Crippen LogP contribution >= 0.6 is 0 Å². The molecular formula is C22H26N4. The maximum atomic E-state index is 4.72. The highest BCUT2D eigenvalue weighted by Gasteiger charge is 2.25. The minimum Gasteiger partial charge on any atom is -0.366 e. The molecule has 0 bridgehead atoms. The lowest BCUT2D eigenvalue weighted by Gasteiger charge is -2.29. The Hall–Kier alpha value is -2.72. The SMILES string of the molecule is CCC(C)(NCc1cccc(NCc2ccccc2)n1)c1ccccn1. The van der Waals surface area contributed by atoms with Crippen molar-refractivity contribution in [3.05, 3.63) is 89.9 Å². The molecule has 2 N–H and O–H groups in total. The summed E-state index contributed by atoms with van der Waals surface area (Å²) in [6, 6.07) is 22.5. The fourth-order valence-electron chi connectivity index (χ4n) is 2.84. The lowest BCUT2D eigenvalue weighted by molar-refractivity contribution is 0.339. The molecule has 0 saturated heterocycles. The molecule has 1 aromatic carbocycles. The van der Waals surface area contributed by atoms with Gasteiger partial charge in [0.15, 0.2) is 0 Å². The van der Waals surface area contributed by atoms with E-state index in [0.29, 0.717) is 6.54 Å². The molecule has 2 heterocycles. The molecule has 0 fully saturated rings. The lowest BCUT2D eigenvalue weighted by atomic mass is 9.93. The molecule has 1 unspecified atom stereocenters. The van der Waals surface area contributed by atoms with E-state index in [1.165, 1.54) is 5.56 Å². The van der Waals surface area contributed by atoms with Crippen LogP contribution in [0.1, 0.15) is 37.2 Å². The monoisotopic (exact) mass is 346 g/mol. The van der Waals surface area contributed by atoms with Gasteiger partial charge in [-0.3, -0.25) is 4.98 Å². The number of nitrogens with one attached hydrogen (secondary N) is 2. The van der Waals surface area contributed by atoms with Gasteiger partial charge in [-0.05, 0) is 43.2 Å². The predicted molar refractivity (Wildman–Crippen MR) is 107 cm³/mol. The molecule has 0 aliphatic carbocycles. The van der Waals surface area contributed by atoms with E-state index in [2.05, 4.69) is 53.7 Å². The number of rotatable bonds is 8. The molecule has 1 atom stereocenters. The Labute approximate surface area is 155 Å². The molecule has 26 heavy (non-hydrogen) atoms. The molecule has 2 aromatic heterocycles. The third kappa shape index (κ3) is 4.67. The Bertz CT molecular complexity index is 805. The van der Waals surface area contributed by atoms with Crippen molar-refractivity contribution in [2.75, 3.05) is 5.32 Å². The van der Waals surface area contributed by atoms with Crippen LogP contribution in [0.2, 0.25) is 0 Å². The maximum absolute atomic E-state index is 4.72. The van der Waals surface area contributed by atoms with Crippen LogP contribution in [0.5, 0.6) is 0 Å². The first-order chi connectivity index (χ1) is 12.7. The van der Waals surface area contributed by atoms with Crippen molar-refractivity contribution < 1.29 is 0 Å². The Morgan fingerprint density at radius 1 is 0.885 bits per heavy atom. The van der Waals surface area contributed by atoms with Gasteiger partial charge in [0.25, 0.3) is 0 Å². The highest BCUT2D eigenvalue weighted by Crippen LogP contribution is 2.22. The van der Waals surface area contributed by atoms with Gasteiger partial charge in [0, 0.05) is 19.3 Å². The van der Waals surface area contributed by atoms with Crippen LogP contribution in [0.25, 0.3) is 0 Å². The van der Waals surface area contributed by atoms with E-state index < -0.39 is 0 Å². The zero-order valence-corrected chi connectivity index (χ0v) is 15.4. The lowest BCUT2D eigenvalue weighted by Crippen LogP contribution is -2.39.